The second-order valence-electron chi connectivity index (χ2n) is 31.5. The maximum atomic E-state index is 6.39. The lowest BCUT2D eigenvalue weighted by Crippen LogP contribution is -2.09. The first-order valence-electron chi connectivity index (χ1n) is 42.3. The first kappa shape index (κ1) is 75.1. The fraction of sp³-hybridized carbons (Fsp3) is 0. The summed E-state index contributed by atoms with van der Waals surface area (Å²) in [5, 5.41) is 4.47. The molecule has 0 bridgehead atoms. The predicted octanol–water partition coefficient (Wildman–Crippen LogP) is 34.1. The van der Waals surface area contributed by atoms with Crippen LogP contribution in [-0.4, -0.2) is 0 Å². The van der Waals surface area contributed by atoms with Gasteiger partial charge in [-0.15, -0.1) is 0 Å². The topological polar surface area (TPSA) is 32.8 Å². The molecule has 0 saturated heterocycles. The Balaban J connectivity index is 0.000000152. The second kappa shape index (κ2) is 33.8. The lowest BCUT2D eigenvalue weighted by Gasteiger charge is -2.26. The van der Waals surface area contributed by atoms with Crippen LogP contribution in [0.4, 0.5) is 34.1 Å². The highest BCUT2D eigenvalue weighted by Gasteiger charge is 2.21. The molecule has 584 valence electrons. The average Bonchev–Trinajstić information content (AvgIpc) is 1.56. The number of para-hydroxylation sites is 2. The number of fused-ring (bicyclic) bond motifs is 6. The van der Waals surface area contributed by atoms with Gasteiger partial charge in [0.2, 0.25) is 0 Å². The molecule has 2 aromatic heterocycles. The summed E-state index contributed by atoms with van der Waals surface area (Å²) in [6.07, 6.45) is 0. The molecule has 0 atom stereocenters. The number of hydrogen-bond acceptors (Lipinski definition) is 4. The van der Waals surface area contributed by atoms with Crippen molar-refractivity contribution < 1.29 is 8.83 Å². The van der Waals surface area contributed by atoms with Gasteiger partial charge >= 0.3 is 0 Å². The third-order valence-electron chi connectivity index (χ3n) is 23.9. The van der Waals surface area contributed by atoms with Crippen LogP contribution >= 0.6 is 0 Å². The molecule has 124 heavy (non-hydrogen) atoms. The SMILES string of the molecule is c1ccc(-c2ccc(-c3ccc(-c4ccc(N(c5ccc(-c6ccc(-c7cccc(-c8ccccc8)c7)cc6)cc5)c5ccc6c(c5)oc5ccccc56)cc4)cc3)cc2)cc1.c1ccc(-c2ccc(-c3cccc(-c4ccc(N(c5ccc(-c6ccc(-c7cccc(-c8ccccc8)c7)cc6)cc5)c5ccc6c(c5)oc5ccccc56)cc4)c3)cc2)cc1. The molecule has 0 aliphatic carbocycles. The Morgan fingerprint density at radius 2 is 0.266 bits per heavy atom. The molecule has 0 N–H and O–H groups in total. The van der Waals surface area contributed by atoms with E-state index < -0.39 is 0 Å². The van der Waals surface area contributed by atoms with Crippen molar-refractivity contribution in [1.29, 1.82) is 0 Å². The van der Waals surface area contributed by atoms with Gasteiger partial charge in [-0.1, -0.05) is 382 Å². The van der Waals surface area contributed by atoms with Gasteiger partial charge in [0.25, 0.3) is 0 Å². The molecular formula is C120H82N2O2. The Morgan fingerprint density at radius 3 is 0.500 bits per heavy atom. The minimum atomic E-state index is 0.866. The third-order valence-corrected chi connectivity index (χ3v) is 23.9. The lowest BCUT2D eigenvalue weighted by molar-refractivity contribution is 0.668. The van der Waals surface area contributed by atoms with Crippen molar-refractivity contribution in [3.05, 3.63) is 497 Å². The molecule has 0 unspecified atom stereocenters. The first-order chi connectivity index (χ1) is 61.4. The number of furan rings is 2. The highest BCUT2D eigenvalue weighted by molar-refractivity contribution is 6.07. The van der Waals surface area contributed by atoms with Crippen molar-refractivity contribution in [2.45, 2.75) is 0 Å². The van der Waals surface area contributed by atoms with Gasteiger partial charge in [-0.3, -0.25) is 0 Å². The van der Waals surface area contributed by atoms with Crippen LogP contribution in [0.25, 0.3) is 177 Å². The maximum Gasteiger partial charge on any atom is 0.137 e. The van der Waals surface area contributed by atoms with Crippen molar-refractivity contribution in [1.82, 2.24) is 0 Å². The van der Waals surface area contributed by atoms with Crippen molar-refractivity contribution >= 4 is 78.0 Å². The number of hydrogen-bond donors (Lipinski definition) is 0. The summed E-state index contributed by atoms with van der Waals surface area (Å²) >= 11 is 0. The lowest BCUT2D eigenvalue weighted by atomic mass is 9.97. The van der Waals surface area contributed by atoms with E-state index in [1.165, 1.54) is 111 Å². The van der Waals surface area contributed by atoms with E-state index in [9.17, 15) is 0 Å². The zero-order valence-corrected chi connectivity index (χ0v) is 68.1. The van der Waals surface area contributed by atoms with Crippen molar-refractivity contribution in [3.63, 3.8) is 0 Å². The van der Waals surface area contributed by atoms with Crippen LogP contribution in [-0.2, 0) is 0 Å². The molecule has 0 amide bonds. The third kappa shape index (κ3) is 15.7. The summed E-state index contributed by atoms with van der Waals surface area (Å²) in [6.45, 7) is 0. The molecule has 4 nitrogen and oxygen atoms in total. The molecule has 22 aromatic rings. The van der Waals surface area contributed by atoms with Crippen LogP contribution in [0.2, 0.25) is 0 Å². The van der Waals surface area contributed by atoms with Gasteiger partial charge in [0, 0.05) is 67.8 Å². The first-order valence-corrected chi connectivity index (χ1v) is 42.3. The summed E-state index contributed by atoms with van der Waals surface area (Å²) < 4.78 is 12.8. The standard InChI is InChI=1S/2C60H41NO/c1-3-11-42(12-4-1)44-21-25-47(26-22-44)52-17-10-18-53(40-52)49-31-35-55(36-32-49)61(56-37-38-58-57-19-7-8-20-59(57)62-60(58)41-56)54-33-29-46(30-34-54)45-23-27-48(28-24-45)51-16-9-15-50(39-51)43-13-5-2-6-14-43;1-3-10-42(11-4-1)44-18-20-45(21-19-44)46-22-24-47(25-23-46)49-30-34-54(35-31-49)61(56-38-39-58-57-16-7-8-17-59(57)62-60(58)41-56)55-36-32-50(33-37-55)48-26-28-51(29-27-48)53-15-9-14-52(40-53)43-12-5-2-6-13-43/h2*1-41H. The van der Waals surface area contributed by atoms with Crippen LogP contribution in [0, 0.1) is 0 Å². The fourth-order valence-electron chi connectivity index (χ4n) is 17.2. The normalized spacial score (nSPS) is 11.2. The van der Waals surface area contributed by atoms with Gasteiger partial charge in [-0.2, -0.15) is 0 Å². The van der Waals surface area contributed by atoms with E-state index in [4.69, 9.17) is 8.83 Å². The van der Waals surface area contributed by atoms with Gasteiger partial charge in [-0.25, -0.2) is 0 Å². The van der Waals surface area contributed by atoms with Crippen molar-refractivity contribution in [2.75, 3.05) is 9.80 Å². The van der Waals surface area contributed by atoms with Gasteiger partial charge in [0.15, 0.2) is 0 Å². The average molecular weight is 1580 g/mol. The summed E-state index contributed by atoms with van der Waals surface area (Å²) in [7, 11) is 0. The highest BCUT2D eigenvalue weighted by Crippen LogP contribution is 2.45. The molecule has 0 aliphatic heterocycles. The number of nitrogens with zero attached hydrogens (tertiary/aromatic N) is 2. The molecule has 4 heteroatoms. The predicted molar refractivity (Wildman–Crippen MR) is 522 cm³/mol. The molecule has 0 radical (unpaired) electrons. The summed E-state index contributed by atoms with van der Waals surface area (Å²) in [4.78, 5) is 4.62. The van der Waals surface area contributed by atoms with Crippen LogP contribution in [0.1, 0.15) is 0 Å². The summed E-state index contributed by atoms with van der Waals surface area (Å²) in [5.74, 6) is 0. The molecular weight excluding hydrogens is 1500 g/mol. The number of benzene rings is 20. The molecule has 20 aromatic carbocycles. The molecule has 0 saturated carbocycles. The van der Waals surface area contributed by atoms with E-state index in [1.807, 2.05) is 24.3 Å². The van der Waals surface area contributed by atoms with Gasteiger partial charge in [-0.05, 0) is 237 Å². The quantitative estimate of drug-likeness (QED) is 0.0857. The van der Waals surface area contributed by atoms with E-state index in [0.717, 1.165) is 100 Å². The minimum Gasteiger partial charge on any atom is -0.456 e. The van der Waals surface area contributed by atoms with E-state index in [1.54, 1.807) is 0 Å². The van der Waals surface area contributed by atoms with E-state index in [-0.39, 0.29) is 0 Å². The van der Waals surface area contributed by atoms with Crippen LogP contribution in [0.3, 0.4) is 0 Å². The van der Waals surface area contributed by atoms with Crippen LogP contribution in [0.15, 0.2) is 506 Å². The van der Waals surface area contributed by atoms with Gasteiger partial charge in [0.05, 0.1) is 0 Å². The Labute approximate surface area is 722 Å². The van der Waals surface area contributed by atoms with Crippen molar-refractivity contribution in [3.8, 4) is 134 Å². The second-order valence-corrected chi connectivity index (χ2v) is 31.5. The Hall–Kier alpha value is -16.4. The van der Waals surface area contributed by atoms with Gasteiger partial charge < -0.3 is 18.6 Å². The highest BCUT2D eigenvalue weighted by atomic mass is 16.3. The van der Waals surface area contributed by atoms with E-state index >= 15 is 0 Å². The monoisotopic (exact) mass is 1580 g/mol. The van der Waals surface area contributed by atoms with Crippen LogP contribution < -0.4 is 9.80 Å². The number of rotatable bonds is 18. The van der Waals surface area contributed by atoms with Gasteiger partial charge in [0.1, 0.15) is 22.3 Å². The summed E-state index contributed by atoms with van der Waals surface area (Å²) in [5.41, 5.74) is 38.6. The van der Waals surface area contributed by atoms with Crippen molar-refractivity contribution in [2.24, 2.45) is 0 Å². The molecule has 2 heterocycles. The molecule has 0 fully saturated rings. The smallest absolute Gasteiger partial charge is 0.137 e. The fourth-order valence-corrected chi connectivity index (χ4v) is 17.2. The number of anilines is 6. The summed E-state index contributed by atoms with van der Waals surface area (Å²) in [6, 6.07) is 178. The largest absolute Gasteiger partial charge is 0.456 e. The zero-order chi connectivity index (χ0) is 82.5. The molecule has 0 spiro atoms. The molecule has 0 aliphatic rings. The van der Waals surface area contributed by atoms with E-state index in [2.05, 4.69) is 483 Å². The van der Waals surface area contributed by atoms with E-state index in [0.29, 0.717) is 0 Å². The minimum absolute atomic E-state index is 0.866. The van der Waals surface area contributed by atoms with Crippen LogP contribution in [0.5, 0.6) is 0 Å². The molecule has 22 rings (SSSR count). The Morgan fingerprint density at radius 1 is 0.105 bits per heavy atom. The maximum absolute atomic E-state index is 6.39. The zero-order valence-electron chi connectivity index (χ0n) is 68.1. The Bertz CT molecular complexity index is 7480. The Kier molecular flexibility index (Phi) is 20.5.